The van der Waals surface area contributed by atoms with Crippen LogP contribution in [0.2, 0.25) is 0 Å². The predicted octanol–water partition coefficient (Wildman–Crippen LogP) is 2.40. The number of rotatable bonds is 3. The molecule has 62 valence electrons. The summed E-state index contributed by atoms with van der Waals surface area (Å²) in [4.78, 5) is 2.16. The van der Waals surface area contributed by atoms with Gasteiger partial charge in [-0.25, -0.2) is 0 Å². The van der Waals surface area contributed by atoms with Crippen molar-refractivity contribution in [2.45, 2.75) is 20.8 Å². The highest BCUT2D eigenvalue weighted by Crippen LogP contribution is 1.94. The summed E-state index contributed by atoms with van der Waals surface area (Å²) in [6.45, 7) is 10.9. The molecule has 1 nitrogen and oxygen atoms in total. The van der Waals surface area contributed by atoms with E-state index in [4.69, 9.17) is 0 Å². The van der Waals surface area contributed by atoms with Crippen molar-refractivity contribution in [3.63, 3.8) is 0 Å². The van der Waals surface area contributed by atoms with Crippen molar-refractivity contribution in [3.8, 4) is 0 Å². The Kier molecular flexibility index (Phi) is 10.8. The first-order chi connectivity index (χ1) is 4.66. The zero-order valence-electron chi connectivity index (χ0n) is 8.02. The molecule has 0 saturated carbocycles. The van der Waals surface area contributed by atoms with Gasteiger partial charge in [0, 0.05) is 6.54 Å². The zero-order valence-corrected chi connectivity index (χ0v) is 8.02. The van der Waals surface area contributed by atoms with Crippen LogP contribution in [0.25, 0.3) is 0 Å². The average molecular weight is 143 g/mol. The highest BCUT2D eigenvalue weighted by Gasteiger charge is 1.94. The molecule has 0 aromatic carbocycles. The van der Waals surface area contributed by atoms with Gasteiger partial charge in [-0.2, -0.15) is 0 Å². The smallest absolute Gasteiger partial charge is 0.00355 e. The molecule has 0 radical (unpaired) electrons. The number of hydrogen-bond acceptors (Lipinski definition) is 1. The lowest BCUT2D eigenvalue weighted by molar-refractivity contribution is 0.371. The van der Waals surface area contributed by atoms with Crippen molar-refractivity contribution >= 4 is 0 Å². The first-order valence-corrected chi connectivity index (χ1v) is 3.94. The van der Waals surface area contributed by atoms with E-state index in [2.05, 4.69) is 32.5 Å². The van der Waals surface area contributed by atoms with Gasteiger partial charge in [0.15, 0.2) is 0 Å². The summed E-state index contributed by atoms with van der Waals surface area (Å²) in [7, 11) is 4.14. The molecule has 0 aromatic rings. The van der Waals surface area contributed by atoms with Crippen molar-refractivity contribution in [2.24, 2.45) is 5.92 Å². The zero-order chi connectivity index (χ0) is 8.57. The maximum absolute atomic E-state index is 3.69. The van der Waals surface area contributed by atoms with E-state index in [1.54, 1.807) is 0 Å². The standard InChI is InChI=1S/C7H15N.C2H6/c1-5-7(2)6-8(3)4;1-2/h5,7H,1,6H2,2-4H3;1-2H3. The van der Waals surface area contributed by atoms with E-state index >= 15 is 0 Å². The first kappa shape index (κ1) is 12.4. The average Bonchev–Trinajstić information content (AvgIpc) is 1.91. The van der Waals surface area contributed by atoms with Crippen LogP contribution in [0.1, 0.15) is 20.8 Å². The fraction of sp³-hybridized carbons (Fsp3) is 0.778. The highest BCUT2D eigenvalue weighted by atomic mass is 15.0. The second-order valence-electron chi connectivity index (χ2n) is 2.48. The normalized spacial score (nSPS) is 11.8. The van der Waals surface area contributed by atoms with E-state index in [1.807, 2.05) is 19.9 Å². The van der Waals surface area contributed by atoms with Crippen molar-refractivity contribution in [2.75, 3.05) is 20.6 Å². The van der Waals surface area contributed by atoms with Gasteiger partial charge in [0.05, 0.1) is 0 Å². The third kappa shape index (κ3) is 10.6. The first-order valence-electron chi connectivity index (χ1n) is 3.94. The molecule has 0 N–H and O–H groups in total. The summed E-state index contributed by atoms with van der Waals surface area (Å²) in [6, 6.07) is 0. The van der Waals surface area contributed by atoms with E-state index in [0.29, 0.717) is 5.92 Å². The Morgan fingerprint density at radius 3 is 1.90 bits per heavy atom. The van der Waals surface area contributed by atoms with Gasteiger partial charge in [-0.05, 0) is 20.0 Å². The van der Waals surface area contributed by atoms with E-state index < -0.39 is 0 Å². The van der Waals surface area contributed by atoms with Crippen LogP contribution in [0.15, 0.2) is 12.7 Å². The largest absolute Gasteiger partial charge is 0.309 e. The van der Waals surface area contributed by atoms with Gasteiger partial charge in [-0.1, -0.05) is 26.8 Å². The molecule has 0 heterocycles. The van der Waals surface area contributed by atoms with Crippen molar-refractivity contribution in [1.82, 2.24) is 4.90 Å². The molecule has 1 atom stereocenters. The second kappa shape index (κ2) is 8.70. The maximum Gasteiger partial charge on any atom is 0.00355 e. The van der Waals surface area contributed by atoms with Crippen molar-refractivity contribution < 1.29 is 0 Å². The monoisotopic (exact) mass is 143 g/mol. The minimum Gasteiger partial charge on any atom is -0.309 e. The van der Waals surface area contributed by atoms with Gasteiger partial charge >= 0.3 is 0 Å². The van der Waals surface area contributed by atoms with Gasteiger partial charge in [0.2, 0.25) is 0 Å². The Hall–Kier alpha value is -0.300. The number of nitrogens with zero attached hydrogens (tertiary/aromatic N) is 1. The molecule has 0 aliphatic rings. The minimum atomic E-state index is 0.616. The van der Waals surface area contributed by atoms with Crippen LogP contribution >= 0.6 is 0 Å². The molecular weight excluding hydrogens is 122 g/mol. The summed E-state index contributed by atoms with van der Waals surface area (Å²) in [5.41, 5.74) is 0. The van der Waals surface area contributed by atoms with Crippen LogP contribution in [-0.4, -0.2) is 25.5 Å². The van der Waals surface area contributed by atoms with Crippen molar-refractivity contribution in [3.05, 3.63) is 12.7 Å². The molecule has 0 amide bonds. The Morgan fingerprint density at radius 2 is 1.80 bits per heavy atom. The SMILES string of the molecule is C=CC(C)CN(C)C.CC. The molecule has 0 aliphatic carbocycles. The summed E-state index contributed by atoms with van der Waals surface area (Å²) >= 11 is 0. The summed E-state index contributed by atoms with van der Waals surface area (Å²) < 4.78 is 0. The van der Waals surface area contributed by atoms with E-state index in [9.17, 15) is 0 Å². The summed E-state index contributed by atoms with van der Waals surface area (Å²) in [6.07, 6.45) is 1.97. The molecule has 10 heavy (non-hydrogen) atoms. The lowest BCUT2D eigenvalue weighted by Gasteiger charge is -2.11. The van der Waals surface area contributed by atoms with Gasteiger partial charge < -0.3 is 4.90 Å². The molecular formula is C9H21N. The van der Waals surface area contributed by atoms with Crippen LogP contribution in [0, 0.1) is 5.92 Å². The Balaban J connectivity index is 0. The van der Waals surface area contributed by atoms with Crippen LogP contribution < -0.4 is 0 Å². The quantitative estimate of drug-likeness (QED) is 0.548. The molecule has 1 unspecified atom stereocenters. The predicted molar refractivity (Wildman–Crippen MR) is 49.3 cm³/mol. The topological polar surface area (TPSA) is 3.24 Å². The van der Waals surface area contributed by atoms with Gasteiger partial charge in [-0.15, -0.1) is 6.58 Å². The third-order valence-corrected chi connectivity index (χ3v) is 1.06. The molecule has 0 fully saturated rings. The van der Waals surface area contributed by atoms with Crippen LogP contribution in [-0.2, 0) is 0 Å². The van der Waals surface area contributed by atoms with Gasteiger partial charge in [0.1, 0.15) is 0 Å². The van der Waals surface area contributed by atoms with E-state index in [0.717, 1.165) is 6.54 Å². The van der Waals surface area contributed by atoms with Crippen LogP contribution in [0.3, 0.4) is 0 Å². The Bertz CT molecular complexity index is 67.1. The summed E-state index contributed by atoms with van der Waals surface area (Å²) in [5.74, 6) is 0.616. The molecule has 0 saturated heterocycles. The van der Waals surface area contributed by atoms with E-state index in [-0.39, 0.29) is 0 Å². The fourth-order valence-corrected chi connectivity index (χ4v) is 0.651. The third-order valence-electron chi connectivity index (χ3n) is 1.06. The minimum absolute atomic E-state index is 0.616. The highest BCUT2D eigenvalue weighted by molar-refractivity contribution is 4.76. The van der Waals surface area contributed by atoms with Gasteiger partial charge in [-0.3, -0.25) is 0 Å². The Morgan fingerprint density at radius 1 is 1.40 bits per heavy atom. The van der Waals surface area contributed by atoms with Crippen LogP contribution in [0.4, 0.5) is 0 Å². The maximum atomic E-state index is 3.69. The second-order valence-corrected chi connectivity index (χ2v) is 2.48. The van der Waals surface area contributed by atoms with Gasteiger partial charge in [0.25, 0.3) is 0 Å². The molecule has 1 heteroatoms. The molecule has 0 aromatic heterocycles. The molecule has 0 spiro atoms. The molecule has 0 bridgehead atoms. The Labute approximate surface area is 65.7 Å². The summed E-state index contributed by atoms with van der Waals surface area (Å²) in [5, 5.41) is 0. The van der Waals surface area contributed by atoms with Crippen LogP contribution in [0.5, 0.6) is 0 Å². The molecule has 0 aliphatic heterocycles. The lowest BCUT2D eigenvalue weighted by atomic mass is 10.2. The fourth-order valence-electron chi connectivity index (χ4n) is 0.651. The lowest BCUT2D eigenvalue weighted by Crippen LogP contribution is -2.17. The van der Waals surface area contributed by atoms with Crippen molar-refractivity contribution in [1.29, 1.82) is 0 Å². The van der Waals surface area contributed by atoms with E-state index in [1.165, 1.54) is 0 Å². The number of hydrogen-bond donors (Lipinski definition) is 0. The molecule has 0 rings (SSSR count).